The number of hydrogen-bond acceptors (Lipinski definition) is 2. The van der Waals surface area contributed by atoms with Crippen LogP contribution in [0.4, 0.5) is 0 Å². The van der Waals surface area contributed by atoms with E-state index in [1.165, 1.54) is 16.7 Å². The molecule has 1 heterocycles. The minimum atomic E-state index is -0.278. The second-order valence-corrected chi connectivity index (χ2v) is 8.61. The summed E-state index contributed by atoms with van der Waals surface area (Å²) >= 11 is 0. The van der Waals surface area contributed by atoms with E-state index in [0.29, 0.717) is 26.1 Å². The van der Waals surface area contributed by atoms with Gasteiger partial charge in [0.15, 0.2) is 0 Å². The van der Waals surface area contributed by atoms with E-state index in [1.54, 1.807) is 4.90 Å². The Morgan fingerprint density at radius 1 is 0.938 bits per heavy atom. The molecule has 0 unspecified atom stereocenters. The molecule has 32 heavy (non-hydrogen) atoms. The van der Waals surface area contributed by atoms with Crippen molar-refractivity contribution in [3.05, 3.63) is 107 Å². The number of aryl methyl sites for hydroxylation is 1. The molecule has 1 aliphatic heterocycles. The van der Waals surface area contributed by atoms with Crippen molar-refractivity contribution in [2.75, 3.05) is 13.1 Å². The van der Waals surface area contributed by atoms with Gasteiger partial charge in [0.25, 0.3) is 0 Å². The van der Waals surface area contributed by atoms with Crippen LogP contribution in [-0.2, 0) is 16.1 Å². The number of likely N-dealkylation sites (tertiary alicyclic amines) is 1. The van der Waals surface area contributed by atoms with E-state index >= 15 is 0 Å². The van der Waals surface area contributed by atoms with E-state index in [1.807, 2.05) is 31.2 Å². The molecule has 4 heteroatoms. The Kier molecular flexibility index (Phi) is 7.00. The highest BCUT2D eigenvalue weighted by Crippen LogP contribution is 2.27. The summed E-state index contributed by atoms with van der Waals surface area (Å²) in [6.07, 6.45) is 1.10. The van der Waals surface area contributed by atoms with Gasteiger partial charge in [-0.3, -0.25) is 9.59 Å². The van der Waals surface area contributed by atoms with Crippen molar-refractivity contribution in [1.29, 1.82) is 0 Å². The van der Waals surface area contributed by atoms with Gasteiger partial charge in [0, 0.05) is 32.0 Å². The van der Waals surface area contributed by atoms with Crippen LogP contribution in [0.1, 0.15) is 41.0 Å². The first-order chi connectivity index (χ1) is 15.6. The molecule has 1 aliphatic rings. The molecule has 1 fully saturated rings. The smallest absolute Gasteiger partial charge is 0.225 e. The number of carbonyl (C=O) groups is 2. The summed E-state index contributed by atoms with van der Waals surface area (Å²) in [6.45, 7) is 3.67. The van der Waals surface area contributed by atoms with Gasteiger partial charge >= 0.3 is 0 Å². The summed E-state index contributed by atoms with van der Waals surface area (Å²) in [5.41, 5.74) is 4.78. The van der Waals surface area contributed by atoms with Gasteiger partial charge in [0.05, 0.1) is 5.92 Å². The summed E-state index contributed by atoms with van der Waals surface area (Å²) in [4.78, 5) is 27.1. The third-order valence-electron chi connectivity index (χ3n) is 6.22. The molecule has 1 N–H and O–H groups in total. The number of nitrogens with zero attached hydrogens (tertiary/aromatic N) is 1. The molecule has 4 rings (SSSR count). The zero-order valence-electron chi connectivity index (χ0n) is 18.5. The molecule has 3 aromatic carbocycles. The predicted molar refractivity (Wildman–Crippen MR) is 127 cm³/mol. The highest BCUT2D eigenvalue weighted by Gasteiger charge is 2.34. The number of benzene rings is 3. The third kappa shape index (κ3) is 5.44. The average Bonchev–Trinajstić information content (AvgIpc) is 3.19. The van der Waals surface area contributed by atoms with Crippen LogP contribution in [0.5, 0.6) is 0 Å². The van der Waals surface area contributed by atoms with Gasteiger partial charge in [-0.2, -0.15) is 0 Å². The lowest BCUT2D eigenvalue weighted by Gasteiger charge is -2.19. The second-order valence-electron chi connectivity index (χ2n) is 8.61. The zero-order valence-corrected chi connectivity index (χ0v) is 18.5. The van der Waals surface area contributed by atoms with Crippen LogP contribution in [0.3, 0.4) is 0 Å². The average molecular weight is 427 g/mol. The van der Waals surface area contributed by atoms with Gasteiger partial charge in [0.2, 0.25) is 11.8 Å². The maximum Gasteiger partial charge on any atom is 0.225 e. The minimum absolute atomic E-state index is 0.0235. The first-order valence-corrected chi connectivity index (χ1v) is 11.3. The summed E-state index contributed by atoms with van der Waals surface area (Å²) in [7, 11) is 0. The lowest BCUT2D eigenvalue weighted by molar-refractivity contribution is -0.129. The van der Waals surface area contributed by atoms with Crippen molar-refractivity contribution in [3.63, 3.8) is 0 Å². The lowest BCUT2D eigenvalue weighted by atomic mass is 9.88. The maximum atomic E-state index is 12.8. The molecule has 3 aromatic rings. The Morgan fingerprint density at radius 2 is 1.53 bits per heavy atom. The molecule has 0 radical (unpaired) electrons. The van der Waals surface area contributed by atoms with Crippen LogP contribution in [0.25, 0.3) is 0 Å². The van der Waals surface area contributed by atoms with Gasteiger partial charge in [-0.05, 0) is 30.0 Å². The molecule has 0 spiro atoms. The fourth-order valence-corrected chi connectivity index (χ4v) is 4.40. The van der Waals surface area contributed by atoms with Crippen molar-refractivity contribution in [2.24, 2.45) is 5.92 Å². The quantitative estimate of drug-likeness (QED) is 0.568. The van der Waals surface area contributed by atoms with Crippen LogP contribution in [0.15, 0.2) is 84.9 Å². The van der Waals surface area contributed by atoms with Crippen molar-refractivity contribution < 1.29 is 9.59 Å². The monoisotopic (exact) mass is 426 g/mol. The molecule has 4 nitrogen and oxygen atoms in total. The van der Waals surface area contributed by atoms with E-state index < -0.39 is 0 Å². The fourth-order valence-electron chi connectivity index (χ4n) is 4.40. The number of rotatable bonds is 8. The molecule has 0 bridgehead atoms. The summed E-state index contributed by atoms with van der Waals surface area (Å²) in [6, 6.07) is 29.0. The highest BCUT2D eigenvalue weighted by atomic mass is 16.2. The van der Waals surface area contributed by atoms with E-state index in [9.17, 15) is 9.59 Å². The van der Waals surface area contributed by atoms with Crippen molar-refractivity contribution in [3.8, 4) is 0 Å². The van der Waals surface area contributed by atoms with Gasteiger partial charge in [-0.15, -0.1) is 0 Å². The Bertz CT molecular complexity index is 993. The van der Waals surface area contributed by atoms with Crippen molar-refractivity contribution >= 4 is 11.8 Å². The van der Waals surface area contributed by atoms with E-state index in [4.69, 9.17) is 0 Å². The van der Waals surface area contributed by atoms with Gasteiger partial charge in [0.1, 0.15) is 0 Å². The molecule has 2 amide bonds. The standard InChI is InChI=1S/C28H30N2O2/c1-21-12-14-22(15-13-21)19-30-20-25(18-27(30)31)28(32)29-17-16-26(23-8-4-2-5-9-23)24-10-6-3-7-11-24/h2-15,25-26H,16-20H2,1H3,(H,29,32)/t25-/m0/s1. The van der Waals surface area contributed by atoms with Gasteiger partial charge in [-0.25, -0.2) is 0 Å². The summed E-state index contributed by atoms with van der Waals surface area (Å²) < 4.78 is 0. The number of nitrogens with one attached hydrogen (secondary N) is 1. The van der Waals surface area contributed by atoms with E-state index in [0.717, 1.165) is 12.0 Å². The molecule has 0 aliphatic carbocycles. The van der Waals surface area contributed by atoms with Crippen molar-refractivity contribution in [1.82, 2.24) is 10.2 Å². The van der Waals surface area contributed by atoms with Gasteiger partial charge in [-0.1, -0.05) is 90.5 Å². The molecular formula is C28H30N2O2. The molecule has 0 aromatic heterocycles. The first-order valence-electron chi connectivity index (χ1n) is 11.3. The van der Waals surface area contributed by atoms with Crippen LogP contribution >= 0.6 is 0 Å². The Labute approximate surface area is 190 Å². The van der Waals surface area contributed by atoms with Crippen molar-refractivity contribution in [2.45, 2.75) is 32.2 Å². The zero-order chi connectivity index (χ0) is 22.3. The Hall–Kier alpha value is -3.40. The van der Waals surface area contributed by atoms with Crippen LogP contribution in [0.2, 0.25) is 0 Å². The third-order valence-corrected chi connectivity index (χ3v) is 6.22. The van der Waals surface area contributed by atoms with Crippen LogP contribution in [0, 0.1) is 12.8 Å². The van der Waals surface area contributed by atoms with Crippen LogP contribution < -0.4 is 5.32 Å². The Balaban J connectivity index is 1.32. The fraction of sp³-hybridized carbons (Fsp3) is 0.286. The number of amides is 2. The summed E-state index contributed by atoms with van der Waals surface area (Å²) in [5, 5.41) is 3.09. The number of hydrogen-bond donors (Lipinski definition) is 1. The first kappa shape index (κ1) is 21.8. The molecule has 1 atom stereocenters. The number of carbonyl (C=O) groups excluding carboxylic acids is 2. The molecule has 164 valence electrons. The molecular weight excluding hydrogens is 396 g/mol. The largest absolute Gasteiger partial charge is 0.356 e. The second kappa shape index (κ2) is 10.3. The Morgan fingerprint density at radius 3 is 2.12 bits per heavy atom. The predicted octanol–water partition coefficient (Wildman–Crippen LogP) is 4.68. The maximum absolute atomic E-state index is 12.8. The topological polar surface area (TPSA) is 49.4 Å². The summed E-state index contributed by atoms with van der Waals surface area (Å²) in [5.74, 6) is -0.0254. The molecule has 1 saturated heterocycles. The normalized spacial score (nSPS) is 15.9. The minimum Gasteiger partial charge on any atom is -0.356 e. The molecule has 0 saturated carbocycles. The van der Waals surface area contributed by atoms with E-state index in [2.05, 4.69) is 66.0 Å². The van der Waals surface area contributed by atoms with E-state index in [-0.39, 0.29) is 23.7 Å². The lowest BCUT2D eigenvalue weighted by Crippen LogP contribution is -2.34. The van der Waals surface area contributed by atoms with Crippen LogP contribution in [-0.4, -0.2) is 29.8 Å². The van der Waals surface area contributed by atoms with Gasteiger partial charge < -0.3 is 10.2 Å². The SMILES string of the molecule is Cc1ccc(CN2C[C@@H](C(=O)NCCC(c3ccccc3)c3ccccc3)CC2=O)cc1. The highest BCUT2D eigenvalue weighted by molar-refractivity contribution is 5.89.